The highest BCUT2D eigenvalue weighted by atomic mass is 35.5. The van der Waals surface area contributed by atoms with E-state index >= 15 is 0 Å². The zero-order valence-corrected chi connectivity index (χ0v) is 16.3. The van der Waals surface area contributed by atoms with Crippen LogP contribution in [0.1, 0.15) is 30.5 Å². The highest BCUT2D eigenvalue weighted by Crippen LogP contribution is 2.35. The molecule has 27 heavy (non-hydrogen) atoms. The molecule has 2 aromatic carbocycles. The Morgan fingerprint density at radius 1 is 1.11 bits per heavy atom. The van der Waals surface area contributed by atoms with Crippen molar-refractivity contribution in [3.8, 4) is 0 Å². The maximum Gasteiger partial charge on any atom is 0.417 e. The van der Waals surface area contributed by atoms with Crippen molar-refractivity contribution in [2.75, 3.05) is 0 Å². The molecule has 0 atom stereocenters. The van der Waals surface area contributed by atoms with Gasteiger partial charge >= 0.3 is 6.18 Å². The molecule has 0 saturated heterocycles. The van der Waals surface area contributed by atoms with Crippen LogP contribution in [0.15, 0.2) is 47.4 Å². The predicted molar refractivity (Wildman–Crippen MR) is 96.8 cm³/mol. The SMILES string of the molecule is CC(C)OCc1ccccc1CNS(=O)(=O)c1ccc(Cl)cc1C(F)(F)F. The second-order valence-corrected chi connectivity index (χ2v) is 8.26. The van der Waals surface area contributed by atoms with E-state index in [9.17, 15) is 21.6 Å². The minimum Gasteiger partial charge on any atom is -0.374 e. The van der Waals surface area contributed by atoms with Gasteiger partial charge in [0.05, 0.1) is 23.2 Å². The number of rotatable bonds is 7. The summed E-state index contributed by atoms with van der Waals surface area (Å²) in [6.45, 7) is 3.83. The van der Waals surface area contributed by atoms with Crippen molar-refractivity contribution in [1.29, 1.82) is 0 Å². The molecule has 0 amide bonds. The van der Waals surface area contributed by atoms with Gasteiger partial charge in [-0.15, -0.1) is 0 Å². The van der Waals surface area contributed by atoms with E-state index < -0.39 is 26.7 Å². The van der Waals surface area contributed by atoms with Gasteiger partial charge in [-0.25, -0.2) is 13.1 Å². The largest absolute Gasteiger partial charge is 0.417 e. The maximum absolute atomic E-state index is 13.2. The Bertz CT molecular complexity index is 899. The molecule has 2 rings (SSSR count). The summed E-state index contributed by atoms with van der Waals surface area (Å²) in [5, 5.41) is -0.197. The molecule has 0 aromatic heterocycles. The molecule has 0 fully saturated rings. The van der Waals surface area contributed by atoms with Gasteiger partial charge in [-0.05, 0) is 43.2 Å². The zero-order chi connectivity index (χ0) is 20.2. The molecule has 1 N–H and O–H groups in total. The fourth-order valence-corrected chi connectivity index (χ4v) is 3.72. The van der Waals surface area contributed by atoms with Crippen LogP contribution in [0.4, 0.5) is 13.2 Å². The lowest BCUT2D eigenvalue weighted by molar-refractivity contribution is -0.139. The number of ether oxygens (including phenoxy) is 1. The fraction of sp³-hybridized carbons (Fsp3) is 0.333. The van der Waals surface area contributed by atoms with Crippen LogP contribution in [0, 0.1) is 0 Å². The number of alkyl halides is 3. The summed E-state index contributed by atoms with van der Waals surface area (Å²) in [4.78, 5) is -0.865. The molecule has 148 valence electrons. The lowest BCUT2D eigenvalue weighted by atomic mass is 10.1. The number of nitrogens with one attached hydrogen (secondary N) is 1. The summed E-state index contributed by atoms with van der Waals surface area (Å²) in [5.41, 5.74) is 0.0595. The Balaban J connectivity index is 2.27. The van der Waals surface area contributed by atoms with Crippen LogP contribution in [-0.2, 0) is 34.1 Å². The van der Waals surface area contributed by atoms with Gasteiger partial charge in [0.15, 0.2) is 0 Å². The van der Waals surface area contributed by atoms with E-state index in [1.807, 2.05) is 13.8 Å². The van der Waals surface area contributed by atoms with Gasteiger partial charge < -0.3 is 4.74 Å². The molecule has 4 nitrogen and oxygen atoms in total. The Morgan fingerprint density at radius 2 is 1.74 bits per heavy atom. The smallest absolute Gasteiger partial charge is 0.374 e. The standard InChI is InChI=1S/C18H19ClF3NO3S/c1-12(2)26-11-14-6-4-3-5-13(14)10-23-27(24,25)17-8-7-15(19)9-16(17)18(20,21)22/h3-9,12,23H,10-11H2,1-2H3. The van der Waals surface area contributed by atoms with E-state index in [1.165, 1.54) is 0 Å². The number of halogens is 4. The van der Waals surface area contributed by atoms with E-state index in [4.69, 9.17) is 16.3 Å². The highest BCUT2D eigenvalue weighted by Gasteiger charge is 2.37. The van der Waals surface area contributed by atoms with Crippen LogP contribution in [0.5, 0.6) is 0 Å². The monoisotopic (exact) mass is 421 g/mol. The quantitative estimate of drug-likeness (QED) is 0.701. The van der Waals surface area contributed by atoms with Gasteiger partial charge in [0.25, 0.3) is 0 Å². The number of hydrogen-bond acceptors (Lipinski definition) is 3. The van der Waals surface area contributed by atoms with Gasteiger partial charge in [-0.2, -0.15) is 13.2 Å². The summed E-state index contributed by atoms with van der Waals surface area (Å²) >= 11 is 5.60. The van der Waals surface area contributed by atoms with Gasteiger partial charge in [0.2, 0.25) is 10.0 Å². The molecular formula is C18H19ClF3NO3S. The van der Waals surface area contributed by atoms with Crippen LogP contribution in [-0.4, -0.2) is 14.5 Å². The fourth-order valence-electron chi connectivity index (χ4n) is 2.34. The van der Waals surface area contributed by atoms with Gasteiger partial charge in [0.1, 0.15) is 0 Å². The first-order valence-electron chi connectivity index (χ1n) is 8.05. The minimum absolute atomic E-state index is 0.0156. The maximum atomic E-state index is 13.2. The molecule has 0 spiro atoms. The van der Waals surface area contributed by atoms with Crippen molar-refractivity contribution in [3.05, 3.63) is 64.2 Å². The first kappa shape index (κ1) is 21.7. The minimum atomic E-state index is -4.85. The Labute approximate surface area is 161 Å². The first-order chi connectivity index (χ1) is 12.5. The van der Waals surface area contributed by atoms with Crippen molar-refractivity contribution >= 4 is 21.6 Å². The number of benzene rings is 2. The van der Waals surface area contributed by atoms with Crippen LogP contribution in [0.2, 0.25) is 5.02 Å². The van der Waals surface area contributed by atoms with Crippen molar-refractivity contribution < 1.29 is 26.3 Å². The Hall–Kier alpha value is -1.61. The lowest BCUT2D eigenvalue weighted by Gasteiger charge is -2.16. The summed E-state index contributed by atoms with van der Waals surface area (Å²) < 4.78 is 72.3. The number of sulfonamides is 1. The second kappa shape index (κ2) is 8.60. The summed E-state index contributed by atoms with van der Waals surface area (Å²) in [7, 11) is -4.41. The molecule has 0 aliphatic carbocycles. The van der Waals surface area contributed by atoms with Gasteiger partial charge in [0, 0.05) is 11.6 Å². The first-order valence-corrected chi connectivity index (χ1v) is 9.91. The molecule has 0 bridgehead atoms. The van der Waals surface area contributed by atoms with E-state index in [1.54, 1.807) is 24.3 Å². The molecule has 0 aliphatic heterocycles. The van der Waals surface area contributed by atoms with Crippen molar-refractivity contribution in [2.45, 2.75) is 44.2 Å². The van der Waals surface area contributed by atoms with Crippen LogP contribution >= 0.6 is 11.6 Å². The van der Waals surface area contributed by atoms with Crippen LogP contribution in [0.25, 0.3) is 0 Å². The average Bonchev–Trinajstić information content (AvgIpc) is 2.58. The molecular weight excluding hydrogens is 403 g/mol. The normalized spacial score (nSPS) is 12.6. The molecule has 0 heterocycles. The molecule has 0 unspecified atom stereocenters. The molecule has 0 aliphatic rings. The van der Waals surface area contributed by atoms with E-state index in [0.717, 1.165) is 17.7 Å². The van der Waals surface area contributed by atoms with Gasteiger partial charge in [-0.1, -0.05) is 35.9 Å². The number of hydrogen-bond donors (Lipinski definition) is 1. The van der Waals surface area contributed by atoms with Crippen molar-refractivity contribution in [2.24, 2.45) is 0 Å². The zero-order valence-electron chi connectivity index (χ0n) is 14.7. The summed E-state index contributed by atoms with van der Waals surface area (Å²) in [6, 6.07) is 9.50. The second-order valence-electron chi connectivity index (χ2n) is 6.09. The summed E-state index contributed by atoms with van der Waals surface area (Å²) in [6.07, 6.45) is -4.86. The summed E-state index contributed by atoms with van der Waals surface area (Å²) in [5.74, 6) is 0. The molecule has 0 radical (unpaired) electrons. The molecule has 0 saturated carbocycles. The van der Waals surface area contributed by atoms with Gasteiger partial charge in [-0.3, -0.25) is 0 Å². The third-order valence-corrected chi connectivity index (χ3v) is 5.37. The predicted octanol–water partition coefficient (Wildman–Crippen LogP) is 4.76. The Kier molecular flexibility index (Phi) is 6.91. The highest BCUT2D eigenvalue weighted by molar-refractivity contribution is 7.89. The lowest BCUT2D eigenvalue weighted by Crippen LogP contribution is -2.26. The van der Waals surface area contributed by atoms with Crippen LogP contribution < -0.4 is 4.72 Å². The van der Waals surface area contributed by atoms with Crippen molar-refractivity contribution in [3.63, 3.8) is 0 Å². The topological polar surface area (TPSA) is 55.4 Å². The van der Waals surface area contributed by atoms with E-state index in [2.05, 4.69) is 4.72 Å². The van der Waals surface area contributed by atoms with Crippen molar-refractivity contribution in [1.82, 2.24) is 4.72 Å². The third kappa shape index (κ3) is 5.93. The van der Waals surface area contributed by atoms with E-state index in [0.29, 0.717) is 11.6 Å². The average molecular weight is 422 g/mol. The Morgan fingerprint density at radius 3 is 2.33 bits per heavy atom. The molecule has 9 heteroatoms. The third-order valence-electron chi connectivity index (χ3n) is 3.68. The molecule has 2 aromatic rings. The van der Waals surface area contributed by atoms with E-state index in [-0.39, 0.29) is 24.3 Å². The van der Waals surface area contributed by atoms with Crippen LogP contribution in [0.3, 0.4) is 0 Å².